The SMILES string of the molecule is COc1ccc(/C=C/C(=O)OCC(=O)N2CCC(C)CC2)cc1S(=O)(=O)N1CCOCC1. The van der Waals surface area contributed by atoms with Crippen LogP contribution in [0.4, 0.5) is 0 Å². The maximum atomic E-state index is 13.0. The van der Waals surface area contributed by atoms with Crippen LogP contribution in [0.25, 0.3) is 6.08 Å². The van der Waals surface area contributed by atoms with E-state index in [1.807, 2.05) is 0 Å². The molecule has 176 valence electrons. The molecule has 1 amide bonds. The van der Waals surface area contributed by atoms with E-state index in [0.717, 1.165) is 12.8 Å². The number of amides is 1. The highest BCUT2D eigenvalue weighted by Crippen LogP contribution is 2.29. The van der Waals surface area contributed by atoms with Crippen LogP contribution < -0.4 is 4.74 Å². The van der Waals surface area contributed by atoms with Crippen molar-refractivity contribution in [2.75, 3.05) is 53.1 Å². The standard InChI is InChI=1S/C22H30N2O7S/c1-17-7-9-23(10-8-17)21(25)16-31-22(26)6-4-18-3-5-19(29-2)20(15-18)32(27,28)24-11-13-30-14-12-24/h3-6,15,17H,7-14,16H2,1-2H3/b6-4+. The fourth-order valence-electron chi connectivity index (χ4n) is 3.62. The molecule has 2 aliphatic heterocycles. The molecule has 0 N–H and O–H groups in total. The highest BCUT2D eigenvalue weighted by molar-refractivity contribution is 7.89. The van der Waals surface area contributed by atoms with Crippen LogP contribution in [0, 0.1) is 5.92 Å². The zero-order valence-electron chi connectivity index (χ0n) is 18.5. The van der Waals surface area contributed by atoms with Crippen LogP contribution in [0.5, 0.6) is 5.75 Å². The zero-order valence-corrected chi connectivity index (χ0v) is 19.3. The van der Waals surface area contributed by atoms with E-state index in [9.17, 15) is 18.0 Å². The van der Waals surface area contributed by atoms with Gasteiger partial charge < -0.3 is 19.1 Å². The Hall–Kier alpha value is -2.43. The molecule has 0 unspecified atom stereocenters. The van der Waals surface area contributed by atoms with Gasteiger partial charge in [-0.25, -0.2) is 13.2 Å². The number of carbonyl (C=O) groups is 2. The van der Waals surface area contributed by atoms with E-state index in [1.54, 1.807) is 17.0 Å². The van der Waals surface area contributed by atoms with Gasteiger partial charge in [-0.05, 0) is 42.5 Å². The molecule has 0 aromatic heterocycles. The van der Waals surface area contributed by atoms with Crippen LogP contribution in [-0.4, -0.2) is 82.6 Å². The van der Waals surface area contributed by atoms with Gasteiger partial charge in [-0.15, -0.1) is 0 Å². The Balaban J connectivity index is 1.63. The van der Waals surface area contributed by atoms with Crippen molar-refractivity contribution in [1.29, 1.82) is 0 Å². The van der Waals surface area contributed by atoms with E-state index in [0.29, 0.717) is 37.8 Å². The van der Waals surface area contributed by atoms with Gasteiger partial charge in [0.05, 0.1) is 20.3 Å². The molecular formula is C22H30N2O7S. The molecule has 32 heavy (non-hydrogen) atoms. The number of hydrogen-bond donors (Lipinski definition) is 0. The van der Waals surface area contributed by atoms with Crippen molar-refractivity contribution in [3.63, 3.8) is 0 Å². The van der Waals surface area contributed by atoms with Gasteiger partial charge in [-0.2, -0.15) is 4.31 Å². The number of nitrogens with zero attached hydrogens (tertiary/aromatic N) is 2. The summed E-state index contributed by atoms with van der Waals surface area (Å²) in [5, 5.41) is 0. The van der Waals surface area contributed by atoms with Gasteiger partial charge in [0.1, 0.15) is 10.6 Å². The molecule has 3 rings (SSSR count). The Morgan fingerprint density at radius 3 is 2.50 bits per heavy atom. The number of benzene rings is 1. The number of methoxy groups -OCH3 is 1. The van der Waals surface area contributed by atoms with Crippen molar-refractivity contribution in [3.05, 3.63) is 29.8 Å². The third kappa shape index (κ3) is 6.08. The monoisotopic (exact) mass is 466 g/mol. The first-order chi connectivity index (χ1) is 15.3. The molecule has 0 bridgehead atoms. The summed E-state index contributed by atoms with van der Waals surface area (Å²) in [6.45, 7) is 4.41. The Bertz CT molecular complexity index is 947. The van der Waals surface area contributed by atoms with Crippen molar-refractivity contribution < 1.29 is 32.2 Å². The first kappa shape index (κ1) is 24.2. The van der Waals surface area contributed by atoms with E-state index in [4.69, 9.17) is 14.2 Å². The Kier molecular flexibility index (Phi) is 8.27. The molecule has 0 saturated carbocycles. The third-order valence-electron chi connectivity index (χ3n) is 5.66. The molecule has 0 spiro atoms. The maximum absolute atomic E-state index is 13.0. The zero-order chi connectivity index (χ0) is 23.1. The summed E-state index contributed by atoms with van der Waals surface area (Å²) < 4.78 is 43.0. The molecule has 2 fully saturated rings. The van der Waals surface area contributed by atoms with E-state index >= 15 is 0 Å². The molecule has 9 nitrogen and oxygen atoms in total. The van der Waals surface area contributed by atoms with E-state index < -0.39 is 16.0 Å². The number of sulfonamides is 1. The first-order valence-corrected chi connectivity index (χ1v) is 12.1. The average Bonchev–Trinajstić information content (AvgIpc) is 2.82. The smallest absolute Gasteiger partial charge is 0.331 e. The highest BCUT2D eigenvalue weighted by Gasteiger charge is 2.29. The number of esters is 1. The Morgan fingerprint density at radius 1 is 1.16 bits per heavy atom. The third-order valence-corrected chi connectivity index (χ3v) is 7.58. The minimum atomic E-state index is -3.78. The van der Waals surface area contributed by atoms with E-state index in [2.05, 4.69) is 6.92 Å². The van der Waals surface area contributed by atoms with Gasteiger partial charge in [0.25, 0.3) is 5.91 Å². The number of ether oxygens (including phenoxy) is 3. The van der Waals surface area contributed by atoms with Crippen LogP contribution in [-0.2, 0) is 29.1 Å². The van der Waals surface area contributed by atoms with Crippen molar-refractivity contribution in [3.8, 4) is 5.75 Å². The number of carbonyl (C=O) groups excluding carboxylic acids is 2. The molecule has 0 radical (unpaired) electrons. The first-order valence-electron chi connectivity index (χ1n) is 10.7. The van der Waals surface area contributed by atoms with Gasteiger partial charge in [0.2, 0.25) is 10.0 Å². The summed E-state index contributed by atoms with van der Waals surface area (Å²) in [6.07, 6.45) is 4.53. The van der Waals surface area contributed by atoms with Crippen molar-refractivity contribution in [2.24, 2.45) is 5.92 Å². The van der Waals surface area contributed by atoms with E-state index in [-0.39, 0.29) is 36.2 Å². The fourth-order valence-corrected chi connectivity index (χ4v) is 5.22. The van der Waals surface area contributed by atoms with Crippen LogP contribution >= 0.6 is 0 Å². The summed E-state index contributed by atoms with van der Waals surface area (Å²) in [5.74, 6) is -0.0530. The number of rotatable bonds is 7. The van der Waals surface area contributed by atoms with Crippen LogP contribution in [0.15, 0.2) is 29.2 Å². The van der Waals surface area contributed by atoms with Gasteiger partial charge in [0.15, 0.2) is 6.61 Å². The highest BCUT2D eigenvalue weighted by atomic mass is 32.2. The van der Waals surface area contributed by atoms with Crippen LogP contribution in [0.3, 0.4) is 0 Å². The molecule has 2 heterocycles. The topological polar surface area (TPSA) is 102 Å². The minimum absolute atomic E-state index is 0.0203. The van der Waals surface area contributed by atoms with Gasteiger partial charge in [-0.3, -0.25) is 4.79 Å². The lowest BCUT2D eigenvalue weighted by molar-refractivity contribution is -0.148. The summed E-state index contributed by atoms with van der Waals surface area (Å²) >= 11 is 0. The van der Waals surface area contributed by atoms with Crippen LogP contribution in [0.2, 0.25) is 0 Å². The predicted octanol–water partition coefficient (Wildman–Crippen LogP) is 1.53. The molecule has 2 saturated heterocycles. The molecule has 2 aliphatic rings. The molecule has 0 atom stereocenters. The summed E-state index contributed by atoms with van der Waals surface area (Å²) in [5.41, 5.74) is 0.492. The fraction of sp³-hybridized carbons (Fsp3) is 0.545. The lowest BCUT2D eigenvalue weighted by Crippen LogP contribution is -2.40. The Morgan fingerprint density at radius 2 is 1.84 bits per heavy atom. The second-order valence-corrected chi connectivity index (χ2v) is 9.84. The molecule has 1 aromatic rings. The largest absolute Gasteiger partial charge is 0.495 e. The van der Waals surface area contributed by atoms with Crippen molar-refractivity contribution in [1.82, 2.24) is 9.21 Å². The Labute approximate surface area is 189 Å². The number of likely N-dealkylation sites (tertiary alicyclic amines) is 1. The number of hydrogen-bond acceptors (Lipinski definition) is 7. The van der Waals surface area contributed by atoms with Gasteiger partial charge in [-0.1, -0.05) is 13.0 Å². The quantitative estimate of drug-likeness (QED) is 0.444. The molecule has 10 heteroatoms. The summed E-state index contributed by atoms with van der Waals surface area (Å²) in [4.78, 5) is 26.0. The second-order valence-electron chi connectivity index (χ2n) is 7.93. The van der Waals surface area contributed by atoms with Crippen LogP contribution in [0.1, 0.15) is 25.3 Å². The minimum Gasteiger partial charge on any atom is -0.495 e. The lowest BCUT2D eigenvalue weighted by atomic mass is 9.99. The maximum Gasteiger partial charge on any atom is 0.331 e. The molecule has 1 aromatic carbocycles. The van der Waals surface area contributed by atoms with Crippen molar-refractivity contribution >= 4 is 28.0 Å². The summed E-state index contributed by atoms with van der Waals surface area (Å²) in [6, 6.07) is 4.63. The number of morpholine rings is 1. The molecule has 0 aliphatic carbocycles. The van der Waals surface area contributed by atoms with Gasteiger partial charge in [0, 0.05) is 32.3 Å². The summed E-state index contributed by atoms with van der Waals surface area (Å²) in [7, 11) is -2.37. The normalized spacial score (nSPS) is 18.6. The molecular weight excluding hydrogens is 436 g/mol. The average molecular weight is 467 g/mol. The second kappa shape index (κ2) is 10.9. The van der Waals surface area contributed by atoms with Crippen molar-refractivity contribution in [2.45, 2.75) is 24.7 Å². The number of piperidine rings is 1. The van der Waals surface area contributed by atoms with Gasteiger partial charge >= 0.3 is 5.97 Å². The predicted molar refractivity (Wildman–Crippen MR) is 118 cm³/mol. The lowest BCUT2D eigenvalue weighted by Gasteiger charge is -2.30. The van der Waals surface area contributed by atoms with E-state index in [1.165, 1.54) is 29.6 Å².